The molecule has 0 aliphatic carbocycles. The number of esters is 2. The molecule has 3 aromatic rings. The largest absolute Gasteiger partial charge is 0.461 e. The van der Waals surface area contributed by atoms with Crippen molar-refractivity contribution in [3.05, 3.63) is 63.8 Å². The van der Waals surface area contributed by atoms with Gasteiger partial charge in [0.15, 0.2) is 5.69 Å². The molecule has 32 heavy (non-hydrogen) atoms. The highest BCUT2D eigenvalue weighted by Gasteiger charge is 2.30. The Balaban J connectivity index is 2.15. The van der Waals surface area contributed by atoms with Gasteiger partial charge in [-0.3, -0.25) is 4.79 Å². The predicted octanol–water partition coefficient (Wildman–Crippen LogP) is 1.89. The first-order chi connectivity index (χ1) is 15.4. The first-order valence-electron chi connectivity index (χ1n) is 10.1. The third-order valence-electron chi connectivity index (χ3n) is 4.61. The SMILES string of the molecule is CCOC(=O)c1nnn(-c2cnn(C)c(=O)c2N[C@H](C)c2ccccc2)c1C(=O)OCC. The van der Waals surface area contributed by atoms with Gasteiger partial charge in [-0.05, 0) is 26.3 Å². The third-order valence-corrected chi connectivity index (χ3v) is 4.61. The number of anilines is 1. The number of aromatic nitrogens is 5. The summed E-state index contributed by atoms with van der Waals surface area (Å²) in [6, 6.07) is 9.25. The van der Waals surface area contributed by atoms with Crippen molar-refractivity contribution in [2.75, 3.05) is 18.5 Å². The van der Waals surface area contributed by atoms with Crippen LogP contribution < -0.4 is 10.9 Å². The van der Waals surface area contributed by atoms with Crippen LogP contribution in [0.5, 0.6) is 0 Å². The molecule has 2 heterocycles. The molecule has 0 amide bonds. The second-order valence-corrected chi connectivity index (χ2v) is 6.75. The van der Waals surface area contributed by atoms with E-state index in [4.69, 9.17) is 9.47 Å². The van der Waals surface area contributed by atoms with Gasteiger partial charge in [0.25, 0.3) is 5.56 Å². The summed E-state index contributed by atoms with van der Waals surface area (Å²) in [5, 5.41) is 15.0. The number of carbonyl (C=O) groups is 2. The Bertz CT molecular complexity index is 1170. The summed E-state index contributed by atoms with van der Waals surface area (Å²) in [4.78, 5) is 38.0. The molecular weight excluding hydrogens is 416 g/mol. The van der Waals surface area contributed by atoms with Crippen molar-refractivity contribution in [3.8, 4) is 5.69 Å². The van der Waals surface area contributed by atoms with Crippen LogP contribution >= 0.6 is 0 Å². The van der Waals surface area contributed by atoms with Gasteiger partial charge >= 0.3 is 11.9 Å². The molecule has 1 atom stereocenters. The fourth-order valence-corrected chi connectivity index (χ4v) is 3.04. The summed E-state index contributed by atoms with van der Waals surface area (Å²) in [6.45, 7) is 5.30. The monoisotopic (exact) mass is 440 g/mol. The van der Waals surface area contributed by atoms with E-state index in [1.54, 1.807) is 13.8 Å². The van der Waals surface area contributed by atoms with E-state index in [2.05, 4.69) is 20.7 Å². The highest BCUT2D eigenvalue weighted by Crippen LogP contribution is 2.23. The predicted molar refractivity (Wildman–Crippen MR) is 115 cm³/mol. The Morgan fingerprint density at radius 3 is 2.41 bits per heavy atom. The molecule has 0 aliphatic rings. The minimum Gasteiger partial charge on any atom is -0.461 e. The zero-order chi connectivity index (χ0) is 23.3. The van der Waals surface area contributed by atoms with Crippen LogP contribution in [-0.2, 0) is 16.5 Å². The summed E-state index contributed by atoms with van der Waals surface area (Å²) >= 11 is 0. The van der Waals surface area contributed by atoms with E-state index in [9.17, 15) is 14.4 Å². The number of ether oxygens (including phenoxy) is 2. The first kappa shape index (κ1) is 22.7. The van der Waals surface area contributed by atoms with Crippen molar-refractivity contribution in [2.45, 2.75) is 26.8 Å². The minimum absolute atomic E-state index is 0.0667. The highest BCUT2D eigenvalue weighted by atomic mass is 16.5. The summed E-state index contributed by atoms with van der Waals surface area (Å²) in [5.74, 6) is -1.66. The summed E-state index contributed by atoms with van der Waals surface area (Å²) in [5.41, 5.74) is 0.192. The molecule has 2 aromatic heterocycles. The standard InChI is InChI=1S/C21H24N6O5/c1-5-31-20(29)17-18(21(30)32-6-2)27(25-24-17)15-12-22-26(4)19(28)16(15)23-13(3)14-10-8-7-9-11-14/h7-13,23H,5-6H2,1-4H3/t13-/m1/s1. The fourth-order valence-electron chi connectivity index (χ4n) is 3.04. The zero-order valence-electron chi connectivity index (χ0n) is 18.2. The Labute approximate surface area is 184 Å². The molecule has 0 aliphatic heterocycles. The second kappa shape index (κ2) is 9.86. The van der Waals surface area contributed by atoms with E-state index < -0.39 is 17.5 Å². The molecule has 3 rings (SSSR count). The van der Waals surface area contributed by atoms with Crippen LogP contribution in [-0.4, -0.2) is 49.9 Å². The number of hydrogen-bond donors (Lipinski definition) is 1. The lowest BCUT2D eigenvalue weighted by Crippen LogP contribution is -2.27. The molecule has 0 unspecified atom stereocenters. The Morgan fingerprint density at radius 1 is 1.09 bits per heavy atom. The van der Waals surface area contributed by atoms with Crippen molar-refractivity contribution >= 4 is 17.6 Å². The number of hydrogen-bond acceptors (Lipinski definition) is 9. The molecule has 0 saturated heterocycles. The molecule has 0 spiro atoms. The summed E-state index contributed by atoms with van der Waals surface area (Å²) in [7, 11) is 1.50. The molecular formula is C21H24N6O5. The van der Waals surface area contributed by atoms with Gasteiger partial charge in [-0.2, -0.15) is 5.10 Å². The minimum atomic E-state index is -0.830. The van der Waals surface area contributed by atoms with Gasteiger partial charge in [0.05, 0.1) is 19.4 Å². The quantitative estimate of drug-likeness (QED) is 0.522. The Morgan fingerprint density at radius 2 is 1.75 bits per heavy atom. The van der Waals surface area contributed by atoms with E-state index in [1.807, 2.05) is 37.3 Å². The molecule has 0 radical (unpaired) electrons. The van der Waals surface area contributed by atoms with Crippen LogP contribution in [0.1, 0.15) is 53.4 Å². The molecule has 1 N–H and O–H groups in total. The average Bonchev–Trinajstić information content (AvgIpc) is 3.23. The highest BCUT2D eigenvalue weighted by molar-refractivity contribution is 6.01. The average molecular weight is 440 g/mol. The number of carbonyl (C=O) groups excluding carboxylic acids is 2. The lowest BCUT2D eigenvalue weighted by Gasteiger charge is -2.18. The molecule has 0 bridgehead atoms. The Kier molecular flexibility index (Phi) is 6.98. The topological polar surface area (TPSA) is 130 Å². The lowest BCUT2D eigenvalue weighted by atomic mass is 10.1. The van der Waals surface area contributed by atoms with Crippen molar-refractivity contribution in [1.29, 1.82) is 0 Å². The van der Waals surface area contributed by atoms with E-state index in [0.29, 0.717) is 0 Å². The maximum atomic E-state index is 12.9. The van der Waals surface area contributed by atoms with Gasteiger partial charge < -0.3 is 14.8 Å². The molecule has 0 saturated carbocycles. The maximum absolute atomic E-state index is 12.9. The van der Waals surface area contributed by atoms with Gasteiger partial charge in [0.2, 0.25) is 5.69 Å². The fraction of sp³-hybridized carbons (Fsp3) is 0.333. The van der Waals surface area contributed by atoms with Crippen LogP contribution in [0, 0.1) is 0 Å². The maximum Gasteiger partial charge on any atom is 0.361 e. The number of nitrogens with zero attached hydrogens (tertiary/aromatic N) is 5. The van der Waals surface area contributed by atoms with Gasteiger partial charge in [-0.15, -0.1) is 5.10 Å². The van der Waals surface area contributed by atoms with Gasteiger partial charge in [0, 0.05) is 13.1 Å². The second-order valence-electron chi connectivity index (χ2n) is 6.75. The summed E-state index contributed by atoms with van der Waals surface area (Å²) in [6.07, 6.45) is 1.35. The van der Waals surface area contributed by atoms with E-state index in [1.165, 1.54) is 13.2 Å². The van der Waals surface area contributed by atoms with Crippen molar-refractivity contribution in [2.24, 2.45) is 7.05 Å². The van der Waals surface area contributed by atoms with Gasteiger partial charge in [-0.1, -0.05) is 35.5 Å². The van der Waals surface area contributed by atoms with Crippen LogP contribution in [0.3, 0.4) is 0 Å². The van der Waals surface area contributed by atoms with E-state index >= 15 is 0 Å². The molecule has 0 fully saturated rings. The van der Waals surface area contributed by atoms with Crippen molar-refractivity contribution in [1.82, 2.24) is 24.8 Å². The third kappa shape index (κ3) is 4.51. The van der Waals surface area contributed by atoms with Crippen LogP contribution in [0.15, 0.2) is 41.3 Å². The van der Waals surface area contributed by atoms with Gasteiger partial charge in [0.1, 0.15) is 11.4 Å². The first-order valence-corrected chi connectivity index (χ1v) is 10.1. The van der Waals surface area contributed by atoms with Crippen molar-refractivity contribution in [3.63, 3.8) is 0 Å². The van der Waals surface area contributed by atoms with E-state index in [0.717, 1.165) is 14.9 Å². The molecule has 168 valence electrons. The van der Waals surface area contributed by atoms with Crippen LogP contribution in [0.4, 0.5) is 5.69 Å². The Hall–Kier alpha value is -4.02. The van der Waals surface area contributed by atoms with E-state index in [-0.39, 0.29) is 42.0 Å². The summed E-state index contributed by atoms with van der Waals surface area (Å²) < 4.78 is 12.3. The number of rotatable bonds is 8. The normalized spacial score (nSPS) is 11.6. The number of aryl methyl sites for hydroxylation is 1. The number of benzene rings is 1. The molecule has 1 aromatic carbocycles. The van der Waals surface area contributed by atoms with Gasteiger partial charge in [-0.25, -0.2) is 19.0 Å². The smallest absolute Gasteiger partial charge is 0.361 e. The molecule has 11 nitrogen and oxygen atoms in total. The van der Waals surface area contributed by atoms with Crippen molar-refractivity contribution < 1.29 is 19.1 Å². The van der Waals surface area contributed by atoms with Crippen LogP contribution in [0.2, 0.25) is 0 Å². The lowest BCUT2D eigenvalue weighted by molar-refractivity contribution is 0.0469. The zero-order valence-corrected chi connectivity index (χ0v) is 18.2. The van der Waals surface area contributed by atoms with Crippen LogP contribution in [0.25, 0.3) is 5.69 Å². The molecule has 11 heteroatoms. The number of nitrogens with one attached hydrogen (secondary N) is 1.